The summed E-state index contributed by atoms with van der Waals surface area (Å²) < 4.78 is 0. The monoisotopic (exact) mass is 308 g/mol. The summed E-state index contributed by atoms with van der Waals surface area (Å²) in [4.78, 5) is 22.8. The Labute approximate surface area is 123 Å². The SMILES string of the molecule is O=C(C=Cc1cccs1)Nc1cc([N+](=O)[O-])ccc1Cl. The first-order chi connectivity index (χ1) is 9.56. The maximum Gasteiger partial charge on any atom is 0.271 e. The zero-order chi connectivity index (χ0) is 14.5. The van der Waals surface area contributed by atoms with Gasteiger partial charge in [-0.25, -0.2) is 0 Å². The van der Waals surface area contributed by atoms with E-state index in [0.717, 1.165) is 4.88 Å². The fourth-order valence-electron chi connectivity index (χ4n) is 1.44. The first-order valence-corrected chi connectivity index (χ1v) is 6.78. The van der Waals surface area contributed by atoms with E-state index in [9.17, 15) is 14.9 Å². The van der Waals surface area contributed by atoms with Gasteiger partial charge in [-0.2, -0.15) is 0 Å². The van der Waals surface area contributed by atoms with Gasteiger partial charge in [-0.3, -0.25) is 14.9 Å². The molecule has 0 radical (unpaired) electrons. The van der Waals surface area contributed by atoms with E-state index in [1.807, 2.05) is 17.5 Å². The molecule has 2 aromatic rings. The van der Waals surface area contributed by atoms with Gasteiger partial charge in [-0.05, 0) is 23.6 Å². The lowest BCUT2D eigenvalue weighted by molar-refractivity contribution is -0.384. The summed E-state index contributed by atoms with van der Waals surface area (Å²) in [7, 11) is 0. The second-order valence-corrected chi connectivity index (χ2v) is 5.15. The second kappa shape index (κ2) is 6.31. The number of non-ortho nitro benzene ring substituents is 1. The standard InChI is InChI=1S/C13H9ClN2O3S/c14-11-5-3-9(16(18)19)8-12(11)15-13(17)6-4-10-2-1-7-20-10/h1-8H,(H,15,17). The highest BCUT2D eigenvalue weighted by molar-refractivity contribution is 7.10. The van der Waals surface area contributed by atoms with Crippen LogP contribution in [0.25, 0.3) is 6.08 Å². The average Bonchev–Trinajstić information content (AvgIpc) is 2.92. The Morgan fingerprint density at radius 3 is 2.85 bits per heavy atom. The van der Waals surface area contributed by atoms with Gasteiger partial charge in [0.25, 0.3) is 5.69 Å². The number of nitrogens with one attached hydrogen (secondary N) is 1. The van der Waals surface area contributed by atoms with Gasteiger partial charge in [0.05, 0.1) is 15.6 Å². The van der Waals surface area contributed by atoms with Crippen LogP contribution in [0.15, 0.2) is 41.8 Å². The average molecular weight is 309 g/mol. The Bertz CT molecular complexity index is 668. The Kier molecular flexibility index (Phi) is 4.49. The highest BCUT2D eigenvalue weighted by Gasteiger charge is 2.10. The van der Waals surface area contributed by atoms with Crippen LogP contribution in [0.5, 0.6) is 0 Å². The molecule has 0 saturated carbocycles. The maximum absolute atomic E-state index is 11.7. The van der Waals surface area contributed by atoms with E-state index in [1.165, 1.54) is 35.6 Å². The quantitative estimate of drug-likeness (QED) is 0.528. The van der Waals surface area contributed by atoms with Gasteiger partial charge in [0.15, 0.2) is 0 Å². The minimum Gasteiger partial charge on any atom is -0.321 e. The van der Waals surface area contributed by atoms with Crippen molar-refractivity contribution in [1.29, 1.82) is 0 Å². The van der Waals surface area contributed by atoms with Crippen LogP contribution in [0.4, 0.5) is 11.4 Å². The Hall–Kier alpha value is -2.18. The molecule has 0 aliphatic rings. The number of halogens is 1. The summed E-state index contributed by atoms with van der Waals surface area (Å²) in [5, 5.41) is 15.3. The molecule has 0 atom stereocenters. The second-order valence-electron chi connectivity index (χ2n) is 3.76. The molecule has 1 aromatic heterocycles. The summed E-state index contributed by atoms with van der Waals surface area (Å²) in [6.07, 6.45) is 3.01. The van der Waals surface area contributed by atoms with Crippen LogP contribution in [0.1, 0.15) is 4.88 Å². The number of rotatable bonds is 4. The van der Waals surface area contributed by atoms with E-state index in [1.54, 1.807) is 6.08 Å². The summed E-state index contributed by atoms with van der Waals surface area (Å²) in [6, 6.07) is 7.62. The molecule has 0 aliphatic heterocycles. The number of thiophene rings is 1. The summed E-state index contributed by atoms with van der Waals surface area (Å²) in [5.41, 5.74) is 0.0774. The van der Waals surface area contributed by atoms with Crippen molar-refractivity contribution in [3.05, 3.63) is 61.8 Å². The predicted molar refractivity (Wildman–Crippen MR) is 80.1 cm³/mol. The maximum atomic E-state index is 11.7. The van der Waals surface area contributed by atoms with E-state index in [0.29, 0.717) is 0 Å². The van der Waals surface area contributed by atoms with E-state index >= 15 is 0 Å². The van der Waals surface area contributed by atoms with Gasteiger partial charge in [0, 0.05) is 23.1 Å². The smallest absolute Gasteiger partial charge is 0.271 e. The van der Waals surface area contributed by atoms with Crippen molar-refractivity contribution >= 4 is 46.3 Å². The number of anilines is 1. The number of carbonyl (C=O) groups excluding carboxylic acids is 1. The Morgan fingerprint density at radius 2 is 2.20 bits per heavy atom. The van der Waals surface area contributed by atoms with Crippen LogP contribution in [0, 0.1) is 10.1 Å². The molecule has 1 heterocycles. The predicted octanol–water partition coefficient (Wildman–Crippen LogP) is 3.96. The third-order valence-corrected chi connectivity index (χ3v) is 3.53. The molecule has 0 unspecified atom stereocenters. The van der Waals surface area contributed by atoms with Crippen LogP contribution in [-0.2, 0) is 4.79 Å². The molecule has 0 aliphatic carbocycles. The zero-order valence-electron chi connectivity index (χ0n) is 10.1. The lowest BCUT2D eigenvalue weighted by atomic mass is 10.2. The molecule has 0 saturated heterocycles. The van der Waals surface area contributed by atoms with Crippen molar-refractivity contribution in [1.82, 2.24) is 0 Å². The molecule has 2 rings (SSSR count). The number of benzene rings is 1. The highest BCUT2D eigenvalue weighted by atomic mass is 35.5. The molecule has 0 fully saturated rings. The fourth-order valence-corrected chi connectivity index (χ4v) is 2.22. The molecule has 1 N–H and O–H groups in total. The normalized spacial score (nSPS) is 10.7. The summed E-state index contributed by atoms with van der Waals surface area (Å²) >= 11 is 7.38. The van der Waals surface area contributed by atoms with Crippen LogP contribution < -0.4 is 5.32 Å². The Balaban J connectivity index is 2.11. The highest BCUT2D eigenvalue weighted by Crippen LogP contribution is 2.26. The number of carbonyl (C=O) groups is 1. The zero-order valence-corrected chi connectivity index (χ0v) is 11.6. The molecule has 1 amide bonds. The number of hydrogen-bond acceptors (Lipinski definition) is 4. The third kappa shape index (κ3) is 3.66. The van der Waals surface area contributed by atoms with Crippen LogP contribution in [0.2, 0.25) is 5.02 Å². The summed E-state index contributed by atoms with van der Waals surface area (Å²) in [6.45, 7) is 0. The van der Waals surface area contributed by atoms with Crippen molar-refractivity contribution in [3.8, 4) is 0 Å². The molecular formula is C13H9ClN2O3S. The number of nitro benzene ring substituents is 1. The first-order valence-electron chi connectivity index (χ1n) is 5.53. The molecule has 7 heteroatoms. The molecule has 0 spiro atoms. The number of hydrogen-bond donors (Lipinski definition) is 1. The number of amides is 1. The third-order valence-electron chi connectivity index (χ3n) is 2.36. The fraction of sp³-hybridized carbons (Fsp3) is 0. The Morgan fingerprint density at radius 1 is 1.40 bits per heavy atom. The van der Waals surface area contributed by atoms with Gasteiger partial charge < -0.3 is 5.32 Å². The molecule has 5 nitrogen and oxygen atoms in total. The van der Waals surface area contributed by atoms with E-state index < -0.39 is 10.8 Å². The summed E-state index contributed by atoms with van der Waals surface area (Å²) in [5.74, 6) is -0.402. The van der Waals surface area contributed by atoms with Crippen molar-refractivity contribution in [2.75, 3.05) is 5.32 Å². The molecule has 102 valence electrons. The lowest BCUT2D eigenvalue weighted by Crippen LogP contribution is -2.08. The lowest BCUT2D eigenvalue weighted by Gasteiger charge is -2.04. The van der Waals surface area contributed by atoms with Gasteiger partial charge in [-0.15, -0.1) is 11.3 Å². The van der Waals surface area contributed by atoms with Crippen LogP contribution >= 0.6 is 22.9 Å². The van der Waals surface area contributed by atoms with Crippen molar-refractivity contribution in [2.45, 2.75) is 0 Å². The molecule has 20 heavy (non-hydrogen) atoms. The van der Waals surface area contributed by atoms with Gasteiger partial charge in [-0.1, -0.05) is 17.7 Å². The van der Waals surface area contributed by atoms with E-state index in [2.05, 4.69) is 5.32 Å². The van der Waals surface area contributed by atoms with Gasteiger partial charge in [0.2, 0.25) is 5.91 Å². The number of nitro groups is 1. The largest absolute Gasteiger partial charge is 0.321 e. The van der Waals surface area contributed by atoms with Crippen molar-refractivity contribution < 1.29 is 9.72 Å². The van der Waals surface area contributed by atoms with Gasteiger partial charge >= 0.3 is 0 Å². The van der Waals surface area contributed by atoms with E-state index in [-0.39, 0.29) is 16.4 Å². The topological polar surface area (TPSA) is 72.2 Å². The molecule has 1 aromatic carbocycles. The van der Waals surface area contributed by atoms with Crippen LogP contribution in [-0.4, -0.2) is 10.8 Å². The minimum atomic E-state index is -0.548. The van der Waals surface area contributed by atoms with E-state index in [4.69, 9.17) is 11.6 Å². The minimum absolute atomic E-state index is 0.132. The van der Waals surface area contributed by atoms with Crippen molar-refractivity contribution in [3.63, 3.8) is 0 Å². The first kappa shape index (κ1) is 14.2. The molecule has 0 bridgehead atoms. The molecular weight excluding hydrogens is 300 g/mol. The van der Waals surface area contributed by atoms with Gasteiger partial charge in [0.1, 0.15) is 0 Å². The number of nitrogens with zero attached hydrogens (tertiary/aromatic N) is 1. The van der Waals surface area contributed by atoms with Crippen LogP contribution in [0.3, 0.4) is 0 Å². The van der Waals surface area contributed by atoms with Crippen molar-refractivity contribution in [2.24, 2.45) is 0 Å².